The molecule has 0 N–H and O–H groups in total. The van der Waals surface area contributed by atoms with E-state index in [9.17, 15) is 0 Å². The summed E-state index contributed by atoms with van der Waals surface area (Å²) in [6, 6.07) is 9.62. The Kier molecular flexibility index (Phi) is 7.95. The van der Waals surface area contributed by atoms with Crippen LogP contribution in [0.15, 0.2) is 34.4 Å². The fourth-order valence-corrected chi connectivity index (χ4v) is 77.4. The second kappa shape index (κ2) is 8.40. The normalized spacial score (nSPS) is 16.5. The summed E-state index contributed by atoms with van der Waals surface area (Å²) >= 11 is -6.71. The van der Waals surface area contributed by atoms with Crippen LogP contribution in [0.5, 0.6) is 0 Å². The van der Waals surface area contributed by atoms with Crippen LogP contribution in [-0.2, 0) is 0 Å². The van der Waals surface area contributed by atoms with Gasteiger partial charge in [-0.3, -0.25) is 0 Å². The Morgan fingerprint density at radius 3 is 1.21 bits per heavy atom. The van der Waals surface area contributed by atoms with Crippen molar-refractivity contribution >= 4 is 57.7 Å². The van der Waals surface area contributed by atoms with Crippen molar-refractivity contribution < 1.29 is 5.73 Å². The van der Waals surface area contributed by atoms with Crippen LogP contribution in [0, 0.1) is 0 Å². The molecule has 0 amide bonds. The third-order valence-electron chi connectivity index (χ3n) is 4.83. The number of hydrogen-bond acceptors (Lipinski definition) is 2. The average Bonchev–Trinajstić information content (AvgIpc) is 2.39. The number of nitrogens with zero attached hydrogens (tertiary/aromatic N) is 2. The molecule has 0 unspecified atom stereocenters. The molecule has 0 atom stereocenters. The van der Waals surface area contributed by atoms with Gasteiger partial charge in [-0.25, -0.2) is 0 Å². The van der Waals surface area contributed by atoms with Gasteiger partial charge in [-0.15, -0.1) is 0 Å². The molecule has 29 heavy (non-hydrogen) atoms. The molecule has 2 nitrogen and oxygen atoms in total. The first-order valence-electron chi connectivity index (χ1n) is 10.5. The molecule has 1 aromatic carbocycles. The second-order valence-electron chi connectivity index (χ2n) is 12.1. The molecule has 0 aliphatic rings. The monoisotopic (exact) mass is 581 g/mol. The third-order valence-corrected chi connectivity index (χ3v) is 58.5. The number of halogens is 2. The molecular formula is C20H43F2N2Si4Sn-. The third kappa shape index (κ3) is 6.45. The second-order valence-corrected chi connectivity index (χ2v) is 46.4. The first kappa shape index (κ1) is 27.4. The van der Waals surface area contributed by atoms with E-state index in [1.54, 1.807) is 6.08 Å². The van der Waals surface area contributed by atoms with Crippen LogP contribution in [0.2, 0.25) is 78.6 Å². The van der Waals surface area contributed by atoms with Gasteiger partial charge >= 0.3 is 187 Å². The van der Waals surface area contributed by atoms with E-state index in [0.717, 1.165) is 5.56 Å². The van der Waals surface area contributed by atoms with Crippen LogP contribution in [0.3, 0.4) is 0 Å². The summed E-state index contributed by atoms with van der Waals surface area (Å²) in [6.45, 7) is 25.3. The Bertz CT molecular complexity index is 666. The molecule has 1 aromatic rings. The summed E-state index contributed by atoms with van der Waals surface area (Å²) in [5.41, 5.74) is 0.861. The van der Waals surface area contributed by atoms with E-state index in [-0.39, 0.29) is 0 Å². The standard InChI is InChI=1S/C8H7.2C6H18NSi2.2FH.Sn/c1-2-8-6-4-3-5-7-8;2*1-8(2,3)7-9(4,5)6;;;/h1-7H;2*1-6H3;2*1H;/q;2*-1;;;+3/p-2. The van der Waals surface area contributed by atoms with Crippen molar-refractivity contribution in [1.82, 2.24) is 4.91 Å². The molecule has 0 fully saturated rings. The summed E-state index contributed by atoms with van der Waals surface area (Å²) in [5, 5.41) is 0. The van der Waals surface area contributed by atoms with Crippen molar-refractivity contribution in [2.24, 2.45) is 0 Å². The van der Waals surface area contributed by atoms with Gasteiger partial charge in [0.2, 0.25) is 0 Å². The zero-order chi connectivity index (χ0) is 23.1. The molecule has 0 saturated heterocycles. The van der Waals surface area contributed by atoms with Crippen molar-refractivity contribution in [3.05, 3.63) is 40.0 Å². The molecule has 0 heterocycles. The van der Waals surface area contributed by atoms with Crippen molar-refractivity contribution in [3.63, 3.8) is 0 Å². The van der Waals surface area contributed by atoms with E-state index >= 15 is 5.73 Å². The Morgan fingerprint density at radius 2 is 0.931 bits per heavy atom. The summed E-state index contributed by atoms with van der Waals surface area (Å²) < 4.78 is 41.1. The number of benzene rings is 1. The van der Waals surface area contributed by atoms with E-state index in [1.807, 2.05) is 35.2 Å². The molecular weight excluding hydrogens is 537 g/mol. The SMILES string of the molecule is C[Si](C)(C)[N]([Si](C)(C)C)[Sn-]([F])([F])(/[CH]=C/c1ccccc1)[N]([Si](C)(C)C)[Si](C)(C)C. The minimum absolute atomic E-state index is 0.861. The maximum absolute atomic E-state index is 17.9. The summed E-state index contributed by atoms with van der Waals surface area (Å²) in [6.07, 6.45) is 1.73. The molecule has 0 aliphatic carbocycles. The van der Waals surface area contributed by atoms with Gasteiger partial charge in [-0.05, 0) is 0 Å². The fraction of sp³-hybridized carbons (Fsp3) is 0.600. The van der Waals surface area contributed by atoms with Crippen LogP contribution in [0.25, 0.3) is 6.08 Å². The van der Waals surface area contributed by atoms with E-state index in [4.69, 9.17) is 0 Å². The van der Waals surface area contributed by atoms with Crippen LogP contribution in [0.4, 0.5) is 5.73 Å². The topological polar surface area (TPSA) is 6.48 Å². The van der Waals surface area contributed by atoms with Gasteiger partial charge in [-0.2, -0.15) is 0 Å². The van der Waals surface area contributed by atoms with Crippen molar-refractivity contribution in [1.29, 1.82) is 0 Å². The van der Waals surface area contributed by atoms with E-state index in [1.165, 1.54) is 4.09 Å². The Labute approximate surface area is 186 Å². The zero-order valence-electron chi connectivity index (χ0n) is 20.7. The molecule has 0 aliphatic heterocycles. The molecule has 0 saturated carbocycles. The first-order chi connectivity index (χ1) is 12.6. The number of hydrogen-bond donors (Lipinski definition) is 0. The molecule has 9 heteroatoms. The molecule has 0 radical (unpaired) electrons. The van der Waals surface area contributed by atoms with Gasteiger partial charge in [0.1, 0.15) is 0 Å². The van der Waals surface area contributed by atoms with Crippen molar-refractivity contribution in [2.75, 3.05) is 0 Å². The van der Waals surface area contributed by atoms with Gasteiger partial charge in [0, 0.05) is 0 Å². The van der Waals surface area contributed by atoms with Crippen LogP contribution >= 0.6 is 0 Å². The van der Waals surface area contributed by atoms with E-state index in [0.29, 0.717) is 0 Å². The zero-order valence-corrected chi connectivity index (χ0v) is 27.5. The summed E-state index contributed by atoms with van der Waals surface area (Å²) in [7, 11) is -9.19. The average molecular weight is 581 g/mol. The summed E-state index contributed by atoms with van der Waals surface area (Å²) in [4.78, 5) is 0. The van der Waals surface area contributed by atoms with Crippen molar-refractivity contribution in [2.45, 2.75) is 78.6 Å². The first-order valence-corrected chi connectivity index (χ1v) is 30.7. The molecule has 1 rings (SSSR count). The van der Waals surface area contributed by atoms with Gasteiger partial charge in [0.15, 0.2) is 0 Å². The van der Waals surface area contributed by atoms with Gasteiger partial charge in [0.25, 0.3) is 0 Å². The van der Waals surface area contributed by atoms with Crippen LogP contribution < -0.4 is 0 Å². The number of rotatable bonds is 8. The van der Waals surface area contributed by atoms with Crippen molar-refractivity contribution in [3.8, 4) is 0 Å². The Hall–Kier alpha value is 0.406. The van der Waals surface area contributed by atoms with E-state index < -0.39 is 51.6 Å². The quantitative estimate of drug-likeness (QED) is 0.294. The molecule has 168 valence electrons. The van der Waals surface area contributed by atoms with Gasteiger partial charge < -0.3 is 0 Å². The Morgan fingerprint density at radius 1 is 0.621 bits per heavy atom. The Balaban J connectivity index is 4.01. The maximum atomic E-state index is 17.9. The fourth-order valence-electron chi connectivity index (χ4n) is 5.45. The summed E-state index contributed by atoms with van der Waals surface area (Å²) in [5.74, 6) is 0. The minimum atomic E-state index is -6.71. The van der Waals surface area contributed by atoms with Crippen LogP contribution in [-0.4, -0.2) is 56.5 Å². The van der Waals surface area contributed by atoms with Gasteiger partial charge in [-0.1, -0.05) is 0 Å². The predicted octanol–water partition coefficient (Wildman–Crippen LogP) is 7.51. The molecule has 0 bridgehead atoms. The van der Waals surface area contributed by atoms with Gasteiger partial charge in [0.05, 0.1) is 0 Å². The molecule has 0 spiro atoms. The van der Waals surface area contributed by atoms with Crippen LogP contribution in [0.1, 0.15) is 5.56 Å². The van der Waals surface area contributed by atoms with E-state index in [2.05, 4.69) is 78.6 Å². The predicted molar refractivity (Wildman–Crippen MR) is 141 cm³/mol. The molecule has 0 aromatic heterocycles.